The second kappa shape index (κ2) is 2.28. The van der Waals surface area contributed by atoms with Crippen molar-refractivity contribution >= 4 is 10.5 Å². The molecule has 1 unspecified atom stereocenters. The van der Waals surface area contributed by atoms with Crippen LogP contribution in [-0.2, 0) is 4.43 Å². The summed E-state index contributed by atoms with van der Waals surface area (Å²) in [7, 11) is 0.880. The van der Waals surface area contributed by atoms with E-state index in [9.17, 15) is 0 Å². The molecule has 0 aliphatic heterocycles. The highest BCUT2D eigenvalue weighted by Crippen LogP contribution is 2.10. The van der Waals surface area contributed by atoms with Crippen LogP contribution in [0.2, 0.25) is 0 Å². The number of hydrogen-bond acceptors (Lipinski definition) is 1. The molecule has 40 valence electrons. The van der Waals surface area contributed by atoms with Crippen LogP contribution in [0.25, 0.3) is 0 Å². The lowest BCUT2D eigenvalue weighted by atomic mass is 10.3. The summed E-state index contributed by atoms with van der Waals surface area (Å²) in [6.45, 7) is 0. The number of allylic oxidation sites excluding steroid dienone is 1. The van der Waals surface area contributed by atoms with E-state index in [0.29, 0.717) is 6.10 Å². The summed E-state index contributed by atoms with van der Waals surface area (Å²) in [6, 6.07) is 0. The molecular weight excluding hydrogens is 104 g/mol. The average Bonchev–Trinajstić information content (AvgIpc) is 2.14. The Kier molecular flexibility index (Phi) is 1.65. The van der Waals surface area contributed by atoms with Crippen LogP contribution in [0.4, 0.5) is 0 Å². The van der Waals surface area contributed by atoms with Gasteiger partial charge in [-0.1, -0.05) is 12.2 Å². The fourth-order valence-electron chi connectivity index (χ4n) is 0.801. The van der Waals surface area contributed by atoms with Gasteiger partial charge >= 0.3 is 0 Å². The molecule has 0 bridgehead atoms. The molecule has 0 radical (unpaired) electrons. The standard InChI is InChI=1S/C5H10OSi/c7-6-5-3-1-2-4-5/h1,3,5H,2,4H2,7H3. The van der Waals surface area contributed by atoms with Crippen molar-refractivity contribution in [2.24, 2.45) is 0 Å². The van der Waals surface area contributed by atoms with Crippen LogP contribution in [-0.4, -0.2) is 16.6 Å². The average molecular weight is 114 g/mol. The summed E-state index contributed by atoms with van der Waals surface area (Å²) in [6.07, 6.45) is 7.23. The Morgan fingerprint density at radius 1 is 1.71 bits per heavy atom. The van der Waals surface area contributed by atoms with E-state index in [1.54, 1.807) is 0 Å². The van der Waals surface area contributed by atoms with E-state index < -0.39 is 0 Å². The monoisotopic (exact) mass is 114 g/mol. The van der Waals surface area contributed by atoms with E-state index in [4.69, 9.17) is 4.43 Å². The maximum atomic E-state index is 5.16. The molecule has 0 saturated heterocycles. The fourth-order valence-corrected chi connectivity index (χ4v) is 1.19. The Bertz CT molecular complexity index is 80.1. The highest BCUT2D eigenvalue weighted by Gasteiger charge is 2.04. The Morgan fingerprint density at radius 2 is 2.57 bits per heavy atom. The Balaban J connectivity index is 2.28. The fraction of sp³-hybridized carbons (Fsp3) is 0.600. The van der Waals surface area contributed by atoms with Crippen LogP contribution in [0.5, 0.6) is 0 Å². The van der Waals surface area contributed by atoms with Gasteiger partial charge in [0.05, 0.1) is 6.10 Å². The largest absolute Gasteiger partial charge is 0.422 e. The van der Waals surface area contributed by atoms with Crippen molar-refractivity contribution in [3.05, 3.63) is 12.2 Å². The maximum absolute atomic E-state index is 5.16. The maximum Gasteiger partial charge on any atom is 0.146 e. The molecule has 7 heavy (non-hydrogen) atoms. The highest BCUT2D eigenvalue weighted by atomic mass is 28.2. The third-order valence-corrected chi connectivity index (χ3v) is 1.88. The van der Waals surface area contributed by atoms with Crippen LogP contribution >= 0.6 is 0 Å². The van der Waals surface area contributed by atoms with Gasteiger partial charge in [-0.25, -0.2) is 0 Å². The quantitative estimate of drug-likeness (QED) is 0.344. The Labute approximate surface area is 46.9 Å². The summed E-state index contributed by atoms with van der Waals surface area (Å²) < 4.78 is 5.16. The molecule has 0 amide bonds. The zero-order valence-corrected chi connectivity index (χ0v) is 6.55. The van der Waals surface area contributed by atoms with Gasteiger partial charge in [-0.05, 0) is 12.8 Å². The molecule has 1 aliphatic carbocycles. The van der Waals surface area contributed by atoms with Gasteiger partial charge in [0.2, 0.25) is 0 Å². The molecule has 1 atom stereocenters. The molecule has 0 aromatic carbocycles. The summed E-state index contributed by atoms with van der Waals surface area (Å²) in [5, 5.41) is 0. The summed E-state index contributed by atoms with van der Waals surface area (Å²) >= 11 is 0. The van der Waals surface area contributed by atoms with Gasteiger partial charge in [0.1, 0.15) is 10.5 Å². The predicted octanol–water partition coefficient (Wildman–Crippen LogP) is 0.00200. The van der Waals surface area contributed by atoms with Crippen molar-refractivity contribution in [2.45, 2.75) is 18.9 Å². The van der Waals surface area contributed by atoms with Crippen LogP contribution < -0.4 is 0 Å². The number of hydrogen-bond donors (Lipinski definition) is 0. The Hall–Kier alpha value is -0.0831. The van der Waals surface area contributed by atoms with Gasteiger partial charge in [-0.3, -0.25) is 0 Å². The van der Waals surface area contributed by atoms with Crippen molar-refractivity contribution in [3.63, 3.8) is 0 Å². The van der Waals surface area contributed by atoms with E-state index in [2.05, 4.69) is 12.2 Å². The lowest BCUT2D eigenvalue weighted by molar-refractivity contribution is 0.274. The second-order valence-corrected chi connectivity index (χ2v) is 2.25. The molecule has 1 aliphatic rings. The van der Waals surface area contributed by atoms with E-state index in [0.717, 1.165) is 10.5 Å². The molecule has 0 spiro atoms. The van der Waals surface area contributed by atoms with Gasteiger partial charge in [0.25, 0.3) is 0 Å². The SMILES string of the molecule is [SiH3]OC1C=CCC1. The zero-order chi connectivity index (χ0) is 5.11. The van der Waals surface area contributed by atoms with Gasteiger partial charge in [-0.2, -0.15) is 0 Å². The minimum Gasteiger partial charge on any atom is -0.422 e. The summed E-state index contributed by atoms with van der Waals surface area (Å²) in [4.78, 5) is 0. The molecular formula is C5H10OSi. The van der Waals surface area contributed by atoms with Gasteiger partial charge in [0.15, 0.2) is 0 Å². The molecule has 0 N–H and O–H groups in total. The van der Waals surface area contributed by atoms with Gasteiger partial charge < -0.3 is 4.43 Å². The number of rotatable bonds is 1. The smallest absolute Gasteiger partial charge is 0.146 e. The molecule has 2 heteroatoms. The van der Waals surface area contributed by atoms with Crippen LogP contribution in [0.1, 0.15) is 12.8 Å². The molecule has 1 nitrogen and oxygen atoms in total. The van der Waals surface area contributed by atoms with Crippen molar-refractivity contribution in [1.29, 1.82) is 0 Å². The van der Waals surface area contributed by atoms with E-state index in [-0.39, 0.29) is 0 Å². The van der Waals surface area contributed by atoms with Crippen molar-refractivity contribution < 1.29 is 4.43 Å². The first-order valence-corrected chi connectivity index (χ1v) is 3.44. The molecule has 0 fully saturated rings. The summed E-state index contributed by atoms with van der Waals surface area (Å²) in [5.41, 5.74) is 0. The first-order valence-electron chi connectivity index (χ1n) is 2.63. The van der Waals surface area contributed by atoms with Crippen LogP contribution in [0, 0.1) is 0 Å². The van der Waals surface area contributed by atoms with E-state index in [1.165, 1.54) is 12.8 Å². The third-order valence-electron chi connectivity index (χ3n) is 1.27. The van der Waals surface area contributed by atoms with E-state index >= 15 is 0 Å². The van der Waals surface area contributed by atoms with Crippen LogP contribution in [0.15, 0.2) is 12.2 Å². The van der Waals surface area contributed by atoms with Crippen molar-refractivity contribution in [2.75, 3.05) is 0 Å². The van der Waals surface area contributed by atoms with Crippen molar-refractivity contribution in [1.82, 2.24) is 0 Å². The topological polar surface area (TPSA) is 9.23 Å². The molecule has 1 rings (SSSR count). The highest BCUT2D eigenvalue weighted by molar-refractivity contribution is 5.98. The molecule has 0 aromatic rings. The zero-order valence-electron chi connectivity index (χ0n) is 4.55. The normalized spacial score (nSPS) is 29.4. The lowest BCUT2D eigenvalue weighted by Gasteiger charge is -2.01. The molecule has 0 heterocycles. The minimum absolute atomic E-state index is 0.478. The summed E-state index contributed by atoms with van der Waals surface area (Å²) in [5.74, 6) is 0. The van der Waals surface area contributed by atoms with Gasteiger partial charge in [-0.15, -0.1) is 0 Å². The second-order valence-electron chi connectivity index (χ2n) is 1.78. The molecule has 0 saturated carbocycles. The first-order chi connectivity index (χ1) is 3.43. The predicted molar refractivity (Wildman–Crippen MR) is 33.2 cm³/mol. The lowest BCUT2D eigenvalue weighted by Crippen LogP contribution is -2.01. The van der Waals surface area contributed by atoms with Gasteiger partial charge in [0, 0.05) is 0 Å². The first kappa shape index (κ1) is 5.06. The van der Waals surface area contributed by atoms with Crippen LogP contribution in [0.3, 0.4) is 0 Å². The van der Waals surface area contributed by atoms with E-state index in [1.807, 2.05) is 0 Å². The third kappa shape index (κ3) is 1.14. The Morgan fingerprint density at radius 3 is 2.86 bits per heavy atom. The molecule has 0 aromatic heterocycles. The minimum atomic E-state index is 0.478. The van der Waals surface area contributed by atoms with Crippen molar-refractivity contribution in [3.8, 4) is 0 Å².